The molecule has 0 radical (unpaired) electrons. The molecule has 1 saturated carbocycles. The first-order valence-corrected chi connectivity index (χ1v) is 11.7. The number of hydrogen-bond acceptors (Lipinski definition) is 6. The maximum absolute atomic E-state index is 13.7. The third-order valence-corrected chi connectivity index (χ3v) is 6.73. The fraction of sp³-hybridized carbons (Fsp3) is 0.308. The Hall–Kier alpha value is -4.14. The molecule has 1 aliphatic heterocycles. The summed E-state index contributed by atoms with van der Waals surface area (Å²) in [6.07, 6.45) is 2.38. The SMILES string of the molecule is Nc1c(N(C(=O)C[C@H]2OC(=O)c3ccccc32)C2CCCC2)c(=O)[nH]c(=O)n1Cc1ccccc1. The molecule has 2 aromatic carbocycles. The lowest BCUT2D eigenvalue weighted by Crippen LogP contribution is -2.46. The summed E-state index contributed by atoms with van der Waals surface area (Å²) >= 11 is 0. The van der Waals surface area contributed by atoms with E-state index in [0.29, 0.717) is 24.0 Å². The van der Waals surface area contributed by atoms with E-state index in [4.69, 9.17) is 10.5 Å². The van der Waals surface area contributed by atoms with Gasteiger partial charge in [0.15, 0.2) is 5.69 Å². The molecule has 1 aromatic heterocycles. The Kier molecular flexibility index (Phi) is 5.98. The number of nitrogens with one attached hydrogen (secondary N) is 1. The van der Waals surface area contributed by atoms with Crippen molar-refractivity contribution in [1.29, 1.82) is 0 Å². The number of ether oxygens (including phenoxy) is 1. The minimum absolute atomic E-state index is 0.0324. The summed E-state index contributed by atoms with van der Waals surface area (Å²) in [5.41, 5.74) is 6.94. The smallest absolute Gasteiger partial charge is 0.339 e. The van der Waals surface area contributed by atoms with Crippen LogP contribution in [0.1, 0.15) is 59.7 Å². The lowest BCUT2D eigenvalue weighted by Gasteiger charge is -2.30. The van der Waals surface area contributed by atoms with Crippen molar-refractivity contribution < 1.29 is 14.3 Å². The summed E-state index contributed by atoms with van der Waals surface area (Å²) in [5.74, 6) is -0.917. The highest BCUT2D eigenvalue weighted by Crippen LogP contribution is 2.36. The molecule has 0 saturated heterocycles. The number of nitrogens with two attached hydrogens (primary N) is 1. The average Bonchev–Trinajstić information content (AvgIpc) is 3.49. The number of fused-ring (bicyclic) bond motifs is 1. The minimum Gasteiger partial charge on any atom is -0.453 e. The van der Waals surface area contributed by atoms with E-state index >= 15 is 0 Å². The molecule has 9 nitrogen and oxygen atoms in total. The van der Waals surface area contributed by atoms with Gasteiger partial charge < -0.3 is 15.4 Å². The normalized spacial score (nSPS) is 17.3. The van der Waals surface area contributed by atoms with Gasteiger partial charge in [-0.05, 0) is 24.5 Å². The van der Waals surface area contributed by atoms with Crippen LogP contribution in [0.4, 0.5) is 11.5 Å². The quantitative estimate of drug-likeness (QED) is 0.529. The third-order valence-electron chi connectivity index (χ3n) is 6.73. The van der Waals surface area contributed by atoms with Crippen LogP contribution in [0.5, 0.6) is 0 Å². The number of benzene rings is 2. The lowest BCUT2D eigenvalue weighted by molar-refractivity contribution is -0.121. The fourth-order valence-electron chi connectivity index (χ4n) is 5.03. The summed E-state index contributed by atoms with van der Waals surface area (Å²) in [6.45, 7) is 0.148. The summed E-state index contributed by atoms with van der Waals surface area (Å²) in [7, 11) is 0. The number of rotatable bonds is 6. The number of nitrogen functional groups attached to an aromatic ring is 1. The van der Waals surface area contributed by atoms with Crippen molar-refractivity contribution in [2.75, 3.05) is 10.6 Å². The number of H-pyrrole nitrogens is 1. The molecule has 9 heteroatoms. The van der Waals surface area contributed by atoms with E-state index in [1.165, 1.54) is 9.47 Å². The second-order valence-corrected chi connectivity index (χ2v) is 8.95. The van der Waals surface area contributed by atoms with Gasteiger partial charge in [0.05, 0.1) is 18.5 Å². The first kappa shape index (κ1) is 22.6. The van der Waals surface area contributed by atoms with Crippen LogP contribution < -0.4 is 21.9 Å². The van der Waals surface area contributed by atoms with Crippen LogP contribution in [0.25, 0.3) is 0 Å². The number of aromatic amines is 1. The van der Waals surface area contributed by atoms with Crippen molar-refractivity contribution in [3.8, 4) is 0 Å². The molecule has 1 aliphatic carbocycles. The summed E-state index contributed by atoms with van der Waals surface area (Å²) in [6, 6.07) is 16.0. The highest BCUT2D eigenvalue weighted by Gasteiger charge is 2.37. The molecular formula is C26H26N4O5. The fourth-order valence-corrected chi connectivity index (χ4v) is 5.03. The number of nitrogens with zero attached hydrogens (tertiary/aromatic N) is 2. The number of esters is 1. The largest absolute Gasteiger partial charge is 0.453 e. The van der Waals surface area contributed by atoms with Gasteiger partial charge in [0.2, 0.25) is 5.91 Å². The van der Waals surface area contributed by atoms with E-state index in [-0.39, 0.29) is 36.4 Å². The lowest BCUT2D eigenvalue weighted by atomic mass is 10.0. The number of hydrogen-bond donors (Lipinski definition) is 2. The molecular weight excluding hydrogens is 448 g/mol. The van der Waals surface area contributed by atoms with Crippen molar-refractivity contribution in [2.45, 2.75) is 50.8 Å². The van der Waals surface area contributed by atoms with Crippen LogP contribution in [0.15, 0.2) is 64.2 Å². The Morgan fingerprint density at radius 1 is 1.03 bits per heavy atom. The van der Waals surface area contributed by atoms with Gasteiger partial charge in [0.25, 0.3) is 5.56 Å². The Labute approximate surface area is 201 Å². The molecule has 3 N–H and O–H groups in total. The maximum atomic E-state index is 13.7. The van der Waals surface area contributed by atoms with Crippen molar-refractivity contribution in [3.63, 3.8) is 0 Å². The summed E-state index contributed by atoms with van der Waals surface area (Å²) in [5, 5.41) is 0. The number of carbonyl (C=O) groups is 2. The maximum Gasteiger partial charge on any atom is 0.339 e. The zero-order valence-corrected chi connectivity index (χ0v) is 19.1. The number of amides is 1. The van der Waals surface area contributed by atoms with E-state index in [1.807, 2.05) is 30.3 Å². The van der Waals surface area contributed by atoms with Gasteiger partial charge in [0, 0.05) is 11.6 Å². The van der Waals surface area contributed by atoms with E-state index in [1.54, 1.807) is 24.3 Å². The van der Waals surface area contributed by atoms with Crippen molar-refractivity contribution in [3.05, 3.63) is 92.1 Å². The standard InChI is InChI=1S/C26H26N4O5/c27-23-22(24(32)28-26(34)29(23)15-16-8-2-1-3-9-16)30(17-10-4-5-11-17)21(31)14-20-18-12-6-7-13-19(18)25(33)35-20/h1-3,6-9,12-13,17,20H,4-5,10-11,14-15,27H2,(H,28,32,34)/t20-/m1/s1. The van der Waals surface area contributed by atoms with Crippen LogP contribution in [0.3, 0.4) is 0 Å². The zero-order chi connectivity index (χ0) is 24.5. The molecule has 1 atom stereocenters. The van der Waals surface area contributed by atoms with E-state index in [2.05, 4.69) is 4.98 Å². The van der Waals surface area contributed by atoms with Gasteiger partial charge in [-0.1, -0.05) is 61.4 Å². The molecule has 2 heterocycles. The predicted octanol–water partition coefficient (Wildman–Crippen LogP) is 2.74. The molecule has 3 aromatic rings. The van der Waals surface area contributed by atoms with Crippen molar-refractivity contribution in [1.82, 2.24) is 9.55 Å². The second-order valence-electron chi connectivity index (χ2n) is 8.95. The van der Waals surface area contributed by atoms with Crippen molar-refractivity contribution >= 4 is 23.4 Å². The van der Waals surface area contributed by atoms with Crippen LogP contribution in [0.2, 0.25) is 0 Å². The predicted molar refractivity (Wildman–Crippen MR) is 130 cm³/mol. The molecule has 35 heavy (non-hydrogen) atoms. The molecule has 1 amide bonds. The zero-order valence-electron chi connectivity index (χ0n) is 19.1. The topological polar surface area (TPSA) is 127 Å². The van der Waals surface area contributed by atoms with E-state index < -0.39 is 23.3 Å². The Morgan fingerprint density at radius 3 is 2.46 bits per heavy atom. The van der Waals surface area contributed by atoms with Gasteiger partial charge in [0.1, 0.15) is 11.9 Å². The Morgan fingerprint density at radius 2 is 1.71 bits per heavy atom. The Bertz CT molecular complexity index is 1390. The molecule has 0 spiro atoms. The number of anilines is 2. The average molecular weight is 475 g/mol. The number of aromatic nitrogens is 2. The van der Waals surface area contributed by atoms with Crippen LogP contribution in [-0.2, 0) is 16.1 Å². The third kappa shape index (κ3) is 4.25. The highest BCUT2D eigenvalue weighted by atomic mass is 16.5. The van der Waals surface area contributed by atoms with Crippen molar-refractivity contribution in [2.24, 2.45) is 0 Å². The van der Waals surface area contributed by atoms with Crippen LogP contribution >= 0.6 is 0 Å². The van der Waals surface area contributed by atoms with Crippen LogP contribution in [-0.4, -0.2) is 27.5 Å². The molecule has 5 rings (SSSR count). The first-order chi connectivity index (χ1) is 16.9. The van der Waals surface area contributed by atoms with Gasteiger partial charge >= 0.3 is 11.7 Å². The number of cyclic esters (lactones) is 1. The van der Waals surface area contributed by atoms with E-state index in [9.17, 15) is 19.2 Å². The summed E-state index contributed by atoms with van der Waals surface area (Å²) in [4.78, 5) is 55.4. The second kappa shape index (κ2) is 9.25. The summed E-state index contributed by atoms with van der Waals surface area (Å²) < 4.78 is 6.74. The van der Waals surface area contributed by atoms with Gasteiger partial charge in [-0.15, -0.1) is 0 Å². The Balaban J connectivity index is 1.53. The van der Waals surface area contributed by atoms with Gasteiger partial charge in [-0.25, -0.2) is 9.59 Å². The molecule has 2 aliphatic rings. The highest BCUT2D eigenvalue weighted by molar-refractivity contribution is 5.99. The van der Waals surface area contributed by atoms with Crippen LogP contribution in [0, 0.1) is 0 Å². The van der Waals surface area contributed by atoms with Gasteiger partial charge in [-0.3, -0.25) is 19.1 Å². The minimum atomic E-state index is -0.745. The molecule has 180 valence electrons. The molecule has 1 fully saturated rings. The number of carbonyl (C=O) groups excluding carboxylic acids is 2. The van der Waals surface area contributed by atoms with E-state index in [0.717, 1.165) is 18.4 Å². The monoisotopic (exact) mass is 474 g/mol. The first-order valence-electron chi connectivity index (χ1n) is 11.7. The van der Waals surface area contributed by atoms with Gasteiger partial charge in [-0.2, -0.15) is 0 Å². The molecule has 0 bridgehead atoms. The molecule has 0 unspecified atom stereocenters.